The van der Waals surface area contributed by atoms with Crippen molar-refractivity contribution < 1.29 is 23.8 Å². The average Bonchev–Trinajstić information content (AvgIpc) is 3.00. The molecule has 4 atom stereocenters. The molecule has 1 fully saturated rings. The Hall–Kier alpha value is -1.88. The van der Waals surface area contributed by atoms with E-state index in [-0.39, 0.29) is 23.5 Å². The number of hydrogen-bond donors (Lipinski definition) is 2. The highest BCUT2D eigenvalue weighted by atomic mass is 19.1. The monoisotopic (exact) mass is 373 g/mol. The van der Waals surface area contributed by atoms with Gasteiger partial charge in [-0.1, -0.05) is 13.8 Å². The highest BCUT2D eigenvalue weighted by Gasteiger charge is 2.38. The highest BCUT2D eigenvalue weighted by Crippen LogP contribution is 2.29. The second-order valence-electron chi connectivity index (χ2n) is 6.46. The first-order valence-corrected chi connectivity index (χ1v) is 8.44. The number of nitrogens with two attached hydrogens (primary N) is 1. The Kier molecular flexibility index (Phi) is 6.45. The number of aliphatic hydroxyl groups is 1. The molecule has 0 radical (unpaired) electrons. The van der Waals surface area contributed by atoms with E-state index in [0.29, 0.717) is 12.8 Å². The Morgan fingerprint density at radius 2 is 2.15 bits per heavy atom. The van der Waals surface area contributed by atoms with Crippen LogP contribution in [0.4, 0.5) is 4.39 Å². The quantitative estimate of drug-likeness (QED) is 0.686. The number of carbonyl (C=O) groups excluding carboxylic acids is 1. The van der Waals surface area contributed by atoms with Crippen LogP contribution in [0.3, 0.4) is 0 Å². The summed E-state index contributed by atoms with van der Waals surface area (Å²) < 4.78 is 26.1. The van der Waals surface area contributed by atoms with Crippen LogP contribution in [0.15, 0.2) is 15.8 Å². The van der Waals surface area contributed by atoms with Crippen LogP contribution in [0.5, 0.6) is 0 Å². The SMILES string of the molecule is CCO[C@H]1C[C@H](n2cc(F)c(=O)n(C(=O)[C@@H](N)C(C)C)c2=O)O[C@@H]1CO. The highest BCUT2D eigenvalue weighted by molar-refractivity contribution is 5.84. The van der Waals surface area contributed by atoms with Gasteiger partial charge in [-0.15, -0.1) is 0 Å². The van der Waals surface area contributed by atoms with Gasteiger partial charge in [-0.05, 0) is 12.8 Å². The fourth-order valence-electron chi connectivity index (χ4n) is 2.80. The van der Waals surface area contributed by atoms with Crippen molar-refractivity contribution in [2.45, 2.75) is 51.7 Å². The van der Waals surface area contributed by atoms with Crippen molar-refractivity contribution in [1.82, 2.24) is 9.13 Å². The van der Waals surface area contributed by atoms with Crippen LogP contribution in [-0.4, -0.2) is 51.6 Å². The first kappa shape index (κ1) is 20.4. The van der Waals surface area contributed by atoms with Gasteiger partial charge in [0.25, 0.3) is 11.5 Å². The average molecular weight is 373 g/mol. The molecular formula is C16H24FN3O6. The number of aromatic nitrogens is 2. The van der Waals surface area contributed by atoms with Crippen molar-refractivity contribution in [1.29, 1.82) is 0 Å². The summed E-state index contributed by atoms with van der Waals surface area (Å²) in [5.74, 6) is -2.62. The molecule has 1 saturated heterocycles. The van der Waals surface area contributed by atoms with E-state index in [1.165, 1.54) is 0 Å². The van der Waals surface area contributed by atoms with Crippen molar-refractivity contribution in [3.8, 4) is 0 Å². The molecule has 3 N–H and O–H groups in total. The standard InChI is InChI=1S/C16H24FN3O6/c1-4-25-10-5-12(26-11(10)7-21)19-6-9(17)14(22)20(16(19)24)15(23)13(18)8(2)3/h6,8,10-13,21H,4-5,7,18H2,1-3H3/t10-,11+,12+,13-/m0/s1. The molecule has 0 spiro atoms. The molecule has 1 aromatic heterocycles. The molecule has 1 aliphatic heterocycles. The van der Waals surface area contributed by atoms with Gasteiger partial charge in [-0.2, -0.15) is 8.96 Å². The Balaban J connectivity index is 2.48. The Bertz CT molecular complexity index is 774. The molecule has 0 saturated carbocycles. The summed E-state index contributed by atoms with van der Waals surface area (Å²) in [6.45, 7) is 5.06. The van der Waals surface area contributed by atoms with Crippen LogP contribution >= 0.6 is 0 Å². The van der Waals surface area contributed by atoms with E-state index in [0.717, 1.165) is 4.57 Å². The fraction of sp³-hybridized carbons (Fsp3) is 0.688. The Labute approximate surface area is 149 Å². The molecular weight excluding hydrogens is 349 g/mol. The maximum absolute atomic E-state index is 14.1. The van der Waals surface area contributed by atoms with Crippen LogP contribution in [0.25, 0.3) is 0 Å². The van der Waals surface area contributed by atoms with Gasteiger partial charge in [0.1, 0.15) is 12.3 Å². The van der Waals surface area contributed by atoms with Gasteiger partial charge in [0.2, 0.25) is 5.82 Å². The summed E-state index contributed by atoms with van der Waals surface area (Å²) in [6, 6.07) is -1.14. The predicted octanol–water partition coefficient (Wildman–Crippen LogP) is -0.542. The number of halogens is 1. The molecule has 0 aromatic carbocycles. The van der Waals surface area contributed by atoms with Crippen molar-refractivity contribution in [3.63, 3.8) is 0 Å². The summed E-state index contributed by atoms with van der Waals surface area (Å²) in [5.41, 5.74) is 3.32. The van der Waals surface area contributed by atoms with Crippen LogP contribution in [-0.2, 0) is 9.47 Å². The topological polar surface area (TPSA) is 126 Å². The van der Waals surface area contributed by atoms with Gasteiger partial charge in [-0.25, -0.2) is 4.79 Å². The van der Waals surface area contributed by atoms with Crippen LogP contribution < -0.4 is 17.0 Å². The molecule has 9 nitrogen and oxygen atoms in total. The van der Waals surface area contributed by atoms with Crippen molar-refractivity contribution in [2.75, 3.05) is 13.2 Å². The van der Waals surface area contributed by atoms with Crippen LogP contribution in [0.2, 0.25) is 0 Å². The first-order chi connectivity index (χ1) is 12.2. The van der Waals surface area contributed by atoms with Crippen LogP contribution in [0, 0.1) is 11.7 Å². The van der Waals surface area contributed by atoms with E-state index in [4.69, 9.17) is 15.2 Å². The zero-order valence-electron chi connectivity index (χ0n) is 14.9. The minimum absolute atomic E-state index is 0.154. The minimum Gasteiger partial charge on any atom is -0.394 e. The summed E-state index contributed by atoms with van der Waals surface area (Å²) in [4.78, 5) is 37.0. The molecule has 0 bridgehead atoms. The second kappa shape index (κ2) is 8.21. The number of nitrogens with zero attached hydrogens (tertiary/aromatic N) is 2. The van der Waals surface area contributed by atoms with E-state index >= 15 is 0 Å². The van der Waals surface area contributed by atoms with Gasteiger partial charge in [0, 0.05) is 13.0 Å². The molecule has 10 heteroatoms. The van der Waals surface area contributed by atoms with Gasteiger partial charge < -0.3 is 20.3 Å². The molecule has 146 valence electrons. The van der Waals surface area contributed by atoms with Gasteiger partial charge in [0.15, 0.2) is 0 Å². The number of hydrogen-bond acceptors (Lipinski definition) is 7. The third-order valence-corrected chi connectivity index (χ3v) is 4.35. The maximum Gasteiger partial charge on any atom is 0.340 e. The zero-order chi connectivity index (χ0) is 19.6. The lowest BCUT2D eigenvalue weighted by molar-refractivity contribution is -0.0607. The van der Waals surface area contributed by atoms with Gasteiger partial charge in [-0.3, -0.25) is 14.2 Å². The predicted molar refractivity (Wildman–Crippen MR) is 89.4 cm³/mol. The summed E-state index contributed by atoms with van der Waals surface area (Å²) in [7, 11) is 0. The molecule has 1 aliphatic rings. The Morgan fingerprint density at radius 1 is 1.50 bits per heavy atom. The molecule has 1 aromatic rings. The lowest BCUT2D eigenvalue weighted by Gasteiger charge is -2.18. The zero-order valence-corrected chi connectivity index (χ0v) is 14.9. The third-order valence-electron chi connectivity index (χ3n) is 4.35. The normalized spacial score (nSPS) is 24.2. The van der Waals surface area contributed by atoms with E-state index in [1.54, 1.807) is 20.8 Å². The number of rotatable bonds is 6. The van der Waals surface area contributed by atoms with Crippen LogP contribution in [0.1, 0.15) is 38.2 Å². The van der Waals surface area contributed by atoms with Crippen molar-refractivity contribution >= 4 is 5.91 Å². The summed E-state index contributed by atoms with van der Waals surface area (Å²) >= 11 is 0. The second-order valence-corrected chi connectivity index (χ2v) is 6.46. The van der Waals surface area contributed by atoms with Crippen molar-refractivity contribution in [2.24, 2.45) is 11.7 Å². The largest absolute Gasteiger partial charge is 0.394 e. The van der Waals surface area contributed by atoms with E-state index in [2.05, 4.69) is 0 Å². The van der Waals surface area contributed by atoms with Gasteiger partial charge >= 0.3 is 5.69 Å². The molecule has 0 aliphatic carbocycles. The molecule has 0 amide bonds. The third kappa shape index (κ3) is 3.78. The van der Waals surface area contributed by atoms with E-state index in [9.17, 15) is 23.9 Å². The smallest absolute Gasteiger partial charge is 0.340 e. The first-order valence-electron chi connectivity index (χ1n) is 8.44. The lowest BCUT2D eigenvalue weighted by atomic mass is 10.1. The molecule has 2 heterocycles. The fourth-order valence-corrected chi connectivity index (χ4v) is 2.80. The molecule has 26 heavy (non-hydrogen) atoms. The summed E-state index contributed by atoms with van der Waals surface area (Å²) in [5, 5.41) is 9.38. The molecule has 2 rings (SSSR count). The van der Waals surface area contributed by atoms with E-state index < -0.39 is 47.5 Å². The lowest BCUT2D eigenvalue weighted by Crippen LogP contribution is -2.52. The molecule has 0 unspecified atom stereocenters. The Morgan fingerprint density at radius 3 is 2.69 bits per heavy atom. The van der Waals surface area contributed by atoms with Crippen molar-refractivity contribution in [3.05, 3.63) is 32.9 Å². The summed E-state index contributed by atoms with van der Waals surface area (Å²) in [6.07, 6.45) is -1.34. The van der Waals surface area contributed by atoms with E-state index in [1.807, 2.05) is 0 Å². The number of ether oxygens (including phenoxy) is 2. The minimum atomic E-state index is -1.36. The van der Waals surface area contributed by atoms with Gasteiger partial charge in [0.05, 0.1) is 24.9 Å². The number of carbonyl (C=O) groups is 1. The maximum atomic E-state index is 14.1. The number of aliphatic hydroxyl groups excluding tert-OH is 1.